The molecule has 0 aromatic carbocycles. The Morgan fingerprint density at radius 1 is 1.53 bits per heavy atom. The highest BCUT2D eigenvalue weighted by molar-refractivity contribution is 7.91. The topological polar surface area (TPSA) is 90.1 Å². The standard InChI is InChI=1S/C9H12N2O3S/c1-2-15(13,14)9-6-7(3-4-11-9)5-8(10)12/h3-4,6H,2,5H2,1H3,(H2,10,12). The molecular formula is C9H12N2O3S. The van der Waals surface area contributed by atoms with Gasteiger partial charge < -0.3 is 5.73 Å². The van der Waals surface area contributed by atoms with E-state index in [9.17, 15) is 13.2 Å². The zero-order valence-corrected chi connectivity index (χ0v) is 9.12. The maximum Gasteiger partial charge on any atom is 0.221 e. The minimum atomic E-state index is -3.32. The van der Waals surface area contributed by atoms with E-state index in [1.54, 1.807) is 6.07 Å². The van der Waals surface area contributed by atoms with Gasteiger partial charge in [-0.15, -0.1) is 0 Å². The van der Waals surface area contributed by atoms with Gasteiger partial charge in [0.25, 0.3) is 0 Å². The van der Waals surface area contributed by atoms with Gasteiger partial charge in [0.05, 0.1) is 12.2 Å². The molecule has 0 unspecified atom stereocenters. The van der Waals surface area contributed by atoms with Gasteiger partial charge in [-0.25, -0.2) is 13.4 Å². The Hall–Kier alpha value is -1.43. The first kappa shape index (κ1) is 11.6. The lowest BCUT2D eigenvalue weighted by Crippen LogP contribution is -2.14. The number of nitrogens with zero attached hydrogens (tertiary/aromatic N) is 1. The molecule has 82 valence electrons. The molecule has 0 radical (unpaired) electrons. The van der Waals surface area contributed by atoms with Gasteiger partial charge in [-0.3, -0.25) is 4.79 Å². The van der Waals surface area contributed by atoms with E-state index in [1.165, 1.54) is 19.2 Å². The van der Waals surface area contributed by atoms with Crippen LogP contribution in [0.3, 0.4) is 0 Å². The highest BCUT2D eigenvalue weighted by Gasteiger charge is 2.13. The van der Waals surface area contributed by atoms with Gasteiger partial charge >= 0.3 is 0 Å². The summed E-state index contributed by atoms with van der Waals surface area (Å²) in [4.78, 5) is 14.4. The third-order valence-corrected chi connectivity index (χ3v) is 3.50. The number of pyridine rings is 1. The molecule has 5 nitrogen and oxygen atoms in total. The second-order valence-electron chi connectivity index (χ2n) is 3.05. The molecule has 0 aliphatic heterocycles. The number of aromatic nitrogens is 1. The Bertz CT molecular complexity index is 468. The number of carbonyl (C=O) groups excluding carboxylic acids is 1. The average Bonchev–Trinajstić information content (AvgIpc) is 2.17. The fourth-order valence-corrected chi connectivity index (χ4v) is 1.93. The van der Waals surface area contributed by atoms with Crippen molar-refractivity contribution in [2.24, 2.45) is 5.73 Å². The van der Waals surface area contributed by atoms with E-state index in [2.05, 4.69) is 4.98 Å². The van der Waals surface area contributed by atoms with Crippen molar-refractivity contribution in [2.45, 2.75) is 18.4 Å². The van der Waals surface area contributed by atoms with Crippen molar-refractivity contribution in [3.8, 4) is 0 Å². The van der Waals surface area contributed by atoms with Gasteiger partial charge in [0, 0.05) is 6.20 Å². The highest BCUT2D eigenvalue weighted by atomic mass is 32.2. The maximum absolute atomic E-state index is 11.5. The second kappa shape index (κ2) is 4.39. The van der Waals surface area contributed by atoms with Crippen LogP contribution in [0.15, 0.2) is 23.4 Å². The lowest BCUT2D eigenvalue weighted by molar-refractivity contribution is -0.117. The quantitative estimate of drug-likeness (QED) is 0.779. The second-order valence-corrected chi connectivity index (χ2v) is 5.27. The van der Waals surface area contributed by atoms with Crippen LogP contribution in [0.25, 0.3) is 0 Å². The van der Waals surface area contributed by atoms with Gasteiger partial charge in [-0.1, -0.05) is 6.92 Å². The van der Waals surface area contributed by atoms with E-state index in [0.717, 1.165) is 0 Å². The number of hydrogen-bond acceptors (Lipinski definition) is 4. The number of amides is 1. The number of rotatable bonds is 4. The minimum absolute atomic E-state index is 0.0104. The zero-order valence-electron chi connectivity index (χ0n) is 8.30. The van der Waals surface area contributed by atoms with Crippen molar-refractivity contribution < 1.29 is 13.2 Å². The first-order chi connectivity index (χ1) is 6.95. The largest absolute Gasteiger partial charge is 0.369 e. The van der Waals surface area contributed by atoms with Crippen LogP contribution in [-0.4, -0.2) is 25.1 Å². The summed E-state index contributed by atoms with van der Waals surface area (Å²) in [6, 6.07) is 2.95. The molecule has 0 saturated heterocycles. The van der Waals surface area contributed by atoms with Crippen LogP contribution in [0.4, 0.5) is 0 Å². The summed E-state index contributed by atoms with van der Waals surface area (Å²) in [6.45, 7) is 1.54. The molecule has 0 saturated carbocycles. The molecule has 1 rings (SSSR count). The van der Waals surface area contributed by atoms with E-state index in [-0.39, 0.29) is 17.2 Å². The highest BCUT2D eigenvalue weighted by Crippen LogP contribution is 2.10. The van der Waals surface area contributed by atoms with Crippen molar-refractivity contribution >= 4 is 15.7 Å². The molecule has 0 fully saturated rings. The van der Waals surface area contributed by atoms with Crippen molar-refractivity contribution in [3.05, 3.63) is 23.9 Å². The zero-order chi connectivity index (χ0) is 11.5. The molecule has 6 heteroatoms. The maximum atomic E-state index is 11.5. The fraction of sp³-hybridized carbons (Fsp3) is 0.333. The first-order valence-electron chi connectivity index (χ1n) is 4.41. The molecule has 1 aromatic heterocycles. The summed E-state index contributed by atoms with van der Waals surface area (Å²) in [6.07, 6.45) is 1.38. The number of primary amides is 1. The average molecular weight is 228 g/mol. The SMILES string of the molecule is CCS(=O)(=O)c1cc(CC(N)=O)ccn1. The Kier molecular flexibility index (Phi) is 3.41. The van der Waals surface area contributed by atoms with Crippen molar-refractivity contribution in [2.75, 3.05) is 5.75 Å². The number of nitrogens with two attached hydrogens (primary N) is 1. The van der Waals surface area contributed by atoms with E-state index < -0.39 is 15.7 Å². The van der Waals surface area contributed by atoms with Crippen molar-refractivity contribution in [1.29, 1.82) is 0 Å². The van der Waals surface area contributed by atoms with Gasteiger partial charge in [-0.05, 0) is 17.7 Å². The van der Waals surface area contributed by atoms with Crippen LogP contribution in [0.2, 0.25) is 0 Å². The van der Waals surface area contributed by atoms with E-state index in [1.807, 2.05) is 0 Å². The van der Waals surface area contributed by atoms with Gasteiger partial charge in [0.15, 0.2) is 14.9 Å². The molecule has 0 aliphatic carbocycles. The molecular weight excluding hydrogens is 216 g/mol. The monoisotopic (exact) mass is 228 g/mol. The van der Waals surface area contributed by atoms with Gasteiger partial charge in [-0.2, -0.15) is 0 Å². The molecule has 15 heavy (non-hydrogen) atoms. The van der Waals surface area contributed by atoms with Crippen LogP contribution >= 0.6 is 0 Å². The van der Waals surface area contributed by atoms with Crippen molar-refractivity contribution in [3.63, 3.8) is 0 Å². The van der Waals surface area contributed by atoms with Crippen LogP contribution in [0.1, 0.15) is 12.5 Å². The fourth-order valence-electron chi connectivity index (χ4n) is 1.08. The first-order valence-corrected chi connectivity index (χ1v) is 6.07. The molecule has 2 N–H and O–H groups in total. The summed E-state index contributed by atoms with van der Waals surface area (Å²) in [5.41, 5.74) is 5.57. The predicted molar refractivity (Wildman–Crippen MR) is 54.9 cm³/mol. The lowest BCUT2D eigenvalue weighted by atomic mass is 10.2. The van der Waals surface area contributed by atoms with Crippen LogP contribution in [0, 0.1) is 0 Å². The normalized spacial score (nSPS) is 11.3. The predicted octanol–water partition coefficient (Wildman–Crippen LogP) is -0.0970. The summed E-state index contributed by atoms with van der Waals surface area (Å²) in [5.74, 6) is -0.513. The summed E-state index contributed by atoms with van der Waals surface area (Å²) in [5, 5.41) is -0.0104. The summed E-state index contributed by atoms with van der Waals surface area (Å²) >= 11 is 0. The van der Waals surface area contributed by atoms with Crippen LogP contribution in [-0.2, 0) is 21.1 Å². The van der Waals surface area contributed by atoms with Crippen LogP contribution in [0.5, 0.6) is 0 Å². The molecule has 0 bridgehead atoms. The Morgan fingerprint density at radius 2 is 2.20 bits per heavy atom. The number of hydrogen-bond donors (Lipinski definition) is 1. The smallest absolute Gasteiger partial charge is 0.221 e. The third-order valence-electron chi connectivity index (χ3n) is 1.88. The molecule has 0 atom stereocenters. The van der Waals surface area contributed by atoms with E-state index in [4.69, 9.17) is 5.73 Å². The Labute approximate surface area is 88.2 Å². The van der Waals surface area contributed by atoms with E-state index in [0.29, 0.717) is 5.56 Å². The molecule has 1 amide bonds. The van der Waals surface area contributed by atoms with E-state index >= 15 is 0 Å². The number of carbonyl (C=O) groups is 1. The molecule has 0 spiro atoms. The van der Waals surface area contributed by atoms with Gasteiger partial charge in [0.1, 0.15) is 0 Å². The minimum Gasteiger partial charge on any atom is -0.369 e. The molecule has 1 heterocycles. The van der Waals surface area contributed by atoms with Crippen LogP contribution < -0.4 is 5.73 Å². The summed E-state index contributed by atoms with van der Waals surface area (Å²) in [7, 11) is -3.32. The third kappa shape index (κ3) is 3.02. The Balaban J connectivity index is 3.08. The lowest BCUT2D eigenvalue weighted by Gasteiger charge is -2.02. The molecule has 0 aliphatic rings. The number of sulfone groups is 1. The Morgan fingerprint density at radius 3 is 2.73 bits per heavy atom. The molecule has 1 aromatic rings. The van der Waals surface area contributed by atoms with Crippen molar-refractivity contribution in [1.82, 2.24) is 4.98 Å². The van der Waals surface area contributed by atoms with Gasteiger partial charge in [0.2, 0.25) is 5.91 Å². The summed E-state index contributed by atoms with van der Waals surface area (Å²) < 4.78 is 22.9.